The van der Waals surface area contributed by atoms with Gasteiger partial charge in [0.25, 0.3) is 0 Å². The number of pyridine rings is 1. The van der Waals surface area contributed by atoms with E-state index in [-0.39, 0.29) is 5.38 Å². The summed E-state index contributed by atoms with van der Waals surface area (Å²) < 4.78 is 0. The number of rotatable bonds is 2. The highest BCUT2D eigenvalue weighted by Gasteiger charge is 2.11. The molecule has 0 aliphatic heterocycles. The van der Waals surface area contributed by atoms with Crippen molar-refractivity contribution in [2.24, 2.45) is 5.92 Å². The van der Waals surface area contributed by atoms with E-state index in [1.54, 1.807) is 6.20 Å². The minimum absolute atomic E-state index is 0.0868. The molecule has 0 aliphatic carbocycles. The topological polar surface area (TPSA) is 12.9 Å². The van der Waals surface area contributed by atoms with Crippen LogP contribution < -0.4 is 0 Å². The fourth-order valence-corrected chi connectivity index (χ4v) is 1.05. The number of nitrogens with zero attached hydrogens (tertiary/aromatic N) is 1. The predicted molar refractivity (Wildman–Crippen MR) is 47.7 cm³/mol. The number of aromatic nitrogens is 1. The molecule has 0 fully saturated rings. The molecule has 1 aromatic rings. The van der Waals surface area contributed by atoms with Gasteiger partial charge in [0.05, 0.1) is 5.38 Å². The van der Waals surface area contributed by atoms with Gasteiger partial charge in [0.1, 0.15) is 0 Å². The van der Waals surface area contributed by atoms with E-state index in [9.17, 15) is 0 Å². The second-order valence-corrected chi connectivity index (χ2v) is 3.40. The fourth-order valence-electron chi connectivity index (χ4n) is 0.924. The first-order valence-corrected chi connectivity index (χ1v) is 4.19. The zero-order valence-electron chi connectivity index (χ0n) is 6.79. The van der Waals surface area contributed by atoms with Crippen LogP contribution in [0.4, 0.5) is 0 Å². The number of hydrogen-bond donors (Lipinski definition) is 0. The van der Waals surface area contributed by atoms with Crippen molar-refractivity contribution in [1.29, 1.82) is 0 Å². The molecule has 0 N–H and O–H groups in total. The van der Waals surface area contributed by atoms with Crippen LogP contribution in [-0.4, -0.2) is 4.98 Å². The Balaban J connectivity index is 2.77. The molecule has 1 aromatic heterocycles. The van der Waals surface area contributed by atoms with Crippen LogP contribution in [0.2, 0.25) is 0 Å². The molecule has 0 amide bonds. The van der Waals surface area contributed by atoms with Crippen molar-refractivity contribution in [3.63, 3.8) is 0 Å². The molecule has 2 heteroatoms. The Kier molecular flexibility index (Phi) is 2.89. The molecule has 0 aromatic carbocycles. The Labute approximate surface area is 72.4 Å². The highest BCUT2D eigenvalue weighted by atomic mass is 35.5. The Morgan fingerprint density at radius 2 is 2.18 bits per heavy atom. The summed E-state index contributed by atoms with van der Waals surface area (Å²) >= 11 is 6.10. The third-order valence-corrected chi connectivity index (χ3v) is 2.34. The highest BCUT2D eigenvalue weighted by molar-refractivity contribution is 6.20. The molecule has 0 saturated heterocycles. The molecule has 60 valence electrons. The van der Waals surface area contributed by atoms with E-state index in [1.165, 1.54) is 0 Å². The molecule has 1 heterocycles. The molecule has 0 aliphatic rings. The Bertz CT molecular complexity index is 208. The lowest BCUT2D eigenvalue weighted by Gasteiger charge is -2.12. The smallest absolute Gasteiger partial charge is 0.0623 e. The van der Waals surface area contributed by atoms with Crippen LogP contribution in [-0.2, 0) is 0 Å². The maximum absolute atomic E-state index is 6.10. The summed E-state index contributed by atoms with van der Waals surface area (Å²) in [6.07, 6.45) is 3.57. The second kappa shape index (κ2) is 3.72. The van der Waals surface area contributed by atoms with E-state index in [0.717, 1.165) is 5.56 Å². The van der Waals surface area contributed by atoms with Gasteiger partial charge in [0.2, 0.25) is 0 Å². The van der Waals surface area contributed by atoms with Crippen molar-refractivity contribution in [1.82, 2.24) is 4.98 Å². The van der Waals surface area contributed by atoms with Gasteiger partial charge in [0.15, 0.2) is 0 Å². The summed E-state index contributed by atoms with van der Waals surface area (Å²) in [5, 5.41) is 0.0868. The van der Waals surface area contributed by atoms with Crippen LogP contribution >= 0.6 is 11.6 Å². The zero-order valence-corrected chi connectivity index (χ0v) is 7.55. The first-order chi connectivity index (χ1) is 5.22. The van der Waals surface area contributed by atoms with Crippen LogP contribution in [0.3, 0.4) is 0 Å². The Morgan fingerprint density at radius 3 is 2.64 bits per heavy atom. The quantitative estimate of drug-likeness (QED) is 0.621. The lowest BCUT2D eigenvalue weighted by Crippen LogP contribution is -1.98. The van der Waals surface area contributed by atoms with E-state index in [0.29, 0.717) is 5.92 Å². The first-order valence-electron chi connectivity index (χ1n) is 3.76. The molecule has 1 nitrogen and oxygen atoms in total. The maximum Gasteiger partial charge on any atom is 0.0623 e. The Hall–Kier alpha value is -0.560. The monoisotopic (exact) mass is 169 g/mol. The van der Waals surface area contributed by atoms with Gasteiger partial charge in [-0.25, -0.2) is 0 Å². The molecule has 1 unspecified atom stereocenters. The van der Waals surface area contributed by atoms with Gasteiger partial charge in [-0.2, -0.15) is 0 Å². The van der Waals surface area contributed by atoms with Crippen molar-refractivity contribution in [3.05, 3.63) is 30.1 Å². The summed E-state index contributed by atoms with van der Waals surface area (Å²) in [5.41, 5.74) is 1.10. The highest BCUT2D eigenvalue weighted by Crippen LogP contribution is 2.27. The summed E-state index contributed by atoms with van der Waals surface area (Å²) in [4.78, 5) is 4.00. The van der Waals surface area contributed by atoms with Crippen LogP contribution in [0.1, 0.15) is 24.8 Å². The van der Waals surface area contributed by atoms with Gasteiger partial charge in [0, 0.05) is 12.4 Å². The summed E-state index contributed by atoms with van der Waals surface area (Å²) in [6, 6.07) is 3.91. The molecule has 1 rings (SSSR count). The average molecular weight is 170 g/mol. The summed E-state index contributed by atoms with van der Waals surface area (Å²) in [7, 11) is 0. The van der Waals surface area contributed by atoms with Gasteiger partial charge in [-0.3, -0.25) is 4.98 Å². The number of halogens is 1. The van der Waals surface area contributed by atoms with E-state index < -0.39 is 0 Å². The molecule has 0 radical (unpaired) electrons. The molecule has 0 saturated carbocycles. The van der Waals surface area contributed by atoms with Crippen molar-refractivity contribution in [3.8, 4) is 0 Å². The number of hydrogen-bond acceptors (Lipinski definition) is 1. The second-order valence-electron chi connectivity index (χ2n) is 2.93. The van der Waals surface area contributed by atoms with Crippen LogP contribution in [0.25, 0.3) is 0 Å². The van der Waals surface area contributed by atoms with Gasteiger partial charge in [-0.1, -0.05) is 19.9 Å². The molecular formula is C9H12ClN. The van der Waals surface area contributed by atoms with Gasteiger partial charge < -0.3 is 0 Å². The third kappa shape index (κ3) is 2.19. The van der Waals surface area contributed by atoms with E-state index in [4.69, 9.17) is 11.6 Å². The lowest BCUT2D eigenvalue weighted by molar-refractivity contribution is 0.622. The van der Waals surface area contributed by atoms with Crippen molar-refractivity contribution >= 4 is 11.6 Å². The minimum Gasteiger partial charge on any atom is -0.264 e. The summed E-state index contributed by atoms with van der Waals surface area (Å²) in [5.74, 6) is 0.459. The molecule has 11 heavy (non-hydrogen) atoms. The molecular weight excluding hydrogens is 158 g/mol. The fraction of sp³-hybridized carbons (Fsp3) is 0.444. The Morgan fingerprint density at radius 1 is 1.45 bits per heavy atom. The SMILES string of the molecule is CC(C)C(Cl)c1cccnc1. The van der Waals surface area contributed by atoms with Gasteiger partial charge >= 0.3 is 0 Å². The summed E-state index contributed by atoms with van der Waals surface area (Å²) in [6.45, 7) is 4.20. The third-order valence-electron chi connectivity index (χ3n) is 1.59. The van der Waals surface area contributed by atoms with Gasteiger partial charge in [-0.15, -0.1) is 11.6 Å². The normalized spacial score (nSPS) is 13.5. The van der Waals surface area contributed by atoms with E-state index in [1.807, 2.05) is 18.3 Å². The number of alkyl halides is 1. The van der Waals surface area contributed by atoms with Gasteiger partial charge in [-0.05, 0) is 17.5 Å². The molecule has 0 bridgehead atoms. The van der Waals surface area contributed by atoms with Crippen molar-refractivity contribution in [2.45, 2.75) is 19.2 Å². The maximum atomic E-state index is 6.10. The first kappa shape index (κ1) is 8.54. The van der Waals surface area contributed by atoms with E-state index in [2.05, 4.69) is 18.8 Å². The zero-order chi connectivity index (χ0) is 8.27. The van der Waals surface area contributed by atoms with Crippen molar-refractivity contribution < 1.29 is 0 Å². The van der Waals surface area contributed by atoms with Crippen LogP contribution in [0.5, 0.6) is 0 Å². The largest absolute Gasteiger partial charge is 0.264 e. The average Bonchev–Trinajstić information content (AvgIpc) is 2.05. The minimum atomic E-state index is 0.0868. The van der Waals surface area contributed by atoms with Crippen molar-refractivity contribution in [2.75, 3.05) is 0 Å². The van der Waals surface area contributed by atoms with Crippen LogP contribution in [0, 0.1) is 5.92 Å². The standard InChI is InChI=1S/C9H12ClN/c1-7(2)9(10)8-4-3-5-11-6-8/h3-7,9H,1-2H3. The van der Waals surface area contributed by atoms with Crippen LogP contribution in [0.15, 0.2) is 24.5 Å². The molecule has 0 spiro atoms. The van der Waals surface area contributed by atoms with E-state index >= 15 is 0 Å². The lowest BCUT2D eigenvalue weighted by atomic mass is 10.0. The molecule has 1 atom stereocenters. The predicted octanol–water partition coefficient (Wildman–Crippen LogP) is 3.02.